The lowest BCUT2D eigenvalue weighted by molar-refractivity contribution is -0.730. The molecule has 1 fully saturated rings. The number of rotatable bonds is 6. The average molecular weight is 467 g/mol. The van der Waals surface area contributed by atoms with Crippen LogP contribution in [0.1, 0.15) is 21.5 Å². The fourth-order valence-electron chi connectivity index (χ4n) is 3.71. The number of hydrogen-bond donors (Lipinski definition) is 2. The van der Waals surface area contributed by atoms with Crippen molar-refractivity contribution >= 4 is 23.4 Å². The molecule has 1 saturated heterocycles. The zero-order valence-electron chi connectivity index (χ0n) is 17.9. The first-order valence-corrected chi connectivity index (χ1v) is 10.1. The van der Waals surface area contributed by atoms with Gasteiger partial charge in [0.2, 0.25) is 0 Å². The molecule has 2 N–H and O–H groups in total. The van der Waals surface area contributed by atoms with E-state index in [4.69, 9.17) is 4.74 Å². The quantitative estimate of drug-likeness (QED) is 0.521. The van der Waals surface area contributed by atoms with Crippen LogP contribution >= 0.6 is 0 Å². The predicted molar refractivity (Wildman–Crippen MR) is 117 cm³/mol. The van der Waals surface area contributed by atoms with Crippen LogP contribution in [0, 0.1) is 11.8 Å². The molecule has 0 saturated carbocycles. The number of carboxylic acids is 1. The minimum absolute atomic E-state index is 0.0729. The first-order valence-electron chi connectivity index (χ1n) is 10.1. The van der Waals surface area contributed by atoms with Gasteiger partial charge in [-0.25, -0.2) is 19.6 Å². The number of aromatic carboxylic acids is 1. The summed E-state index contributed by atoms with van der Waals surface area (Å²) in [4.78, 5) is 61.9. The normalized spacial score (nSPS) is 13.1. The third-order valence-corrected chi connectivity index (χ3v) is 5.55. The maximum atomic E-state index is 13.2. The van der Waals surface area contributed by atoms with Gasteiger partial charge < -0.3 is 9.84 Å². The summed E-state index contributed by atoms with van der Waals surface area (Å²) in [6.45, 7) is 1.83. The molecule has 1 aromatic heterocycles. The Kier molecular flexibility index (Phi) is 5.72. The topological polar surface area (TPSA) is 151 Å². The Morgan fingerprint density at radius 3 is 2.35 bits per heavy atom. The number of ether oxygens (including phenoxy) is 1. The van der Waals surface area contributed by atoms with Crippen molar-refractivity contribution < 1.29 is 29.6 Å². The Bertz CT molecular complexity index is 1440. The maximum absolute atomic E-state index is 13.2. The highest BCUT2D eigenvalue weighted by Crippen LogP contribution is 2.22. The lowest BCUT2D eigenvalue weighted by Gasteiger charge is -2.15. The van der Waals surface area contributed by atoms with Crippen molar-refractivity contribution in [2.24, 2.45) is 0 Å². The summed E-state index contributed by atoms with van der Waals surface area (Å²) in [5.41, 5.74) is -1.04. The van der Waals surface area contributed by atoms with Crippen LogP contribution in [-0.2, 0) is 11.3 Å². The summed E-state index contributed by atoms with van der Waals surface area (Å²) in [5, 5.41) is 18.8. The van der Waals surface area contributed by atoms with E-state index < -0.39 is 28.9 Å². The van der Waals surface area contributed by atoms with Crippen LogP contribution in [0.3, 0.4) is 0 Å². The molecule has 0 atom stereocenters. The van der Waals surface area contributed by atoms with Gasteiger partial charge >= 0.3 is 23.4 Å². The molecule has 1 amide bonds. The van der Waals surface area contributed by atoms with E-state index in [0.29, 0.717) is 23.4 Å². The second kappa shape index (κ2) is 8.65. The van der Waals surface area contributed by atoms with Gasteiger partial charge in [-0.3, -0.25) is 18.8 Å². The molecule has 1 aliphatic rings. The fourth-order valence-corrected chi connectivity index (χ4v) is 3.71. The van der Waals surface area contributed by atoms with Gasteiger partial charge in [-0.05, 0) is 36.8 Å². The number of cyclic esters (lactones) is 1. The van der Waals surface area contributed by atoms with Crippen molar-refractivity contribution in [3.05, 3.63) is 91.1 Å². The van der Waals surface area contributed by atoms with Crippen LogP contribution in [0.25, 0.3) is 5.69 Å². The minimum atomic E-state index is -1.52. The smallest absolute Gasteiger partial charge is 0.414 e. The molecule has 0 bridgehead atoms. The highest BCUT2D eigenvalue weighted by atomic mass is 16.6. The van der Waals surface area contributed by atoms with Gasteiger partial charge in [0.1, 0.15) is 12.2 Å². The molecule has 2 heterocycles. The molecule has 4 rings (SSSR count). The van der Waals surface area contributed by atoms with Crippen molar-refractivity contribution in [1.82, 2.24) is 9.13 Å². The van der Waals surface area contributed by atoms with Crippen molar-refractivity contribution in [1.29, 1.82) is 0 Å². The SMILES string of the molecule is Cc1c(Cn2c(=O)c(C(=O)O)cn(-c3ccc(N4CCOC4=O)cc3)c2=O)cccc1[N+](=O)O. The first-order chi connectivity index (χ1) is 16.2. The molecule has 12 nitrogen and oxygen atoms in total. The Hall–Kier alpha value is -4.74. The number of carbonyl (C=O) groups excluding carboxylic acids is 1. The van der Waals surface area contributed by atoms with Crippen LogP contribution < -0.4 is 16.1 Å². The Balaban J connectivity index is 1.82. The lowest BCUT2D eigenvalue weighted by atomic mass is 10.1. The molecule has 0 unspecified atom stereocenters. The standard InChI is InChI=1S/C22H18N4O8/c1-13-14(3-2-4-18(13)26(32)33)11-25-19(27)17(20(28)29)12-24(21(25)30)16-7-5-15(6-8-16)23-9-10-34-22(23)31/h2-8,12H,9-11H2,1H3,(H-,28,29,32,33)/p+1. The molecule has 0 radical (unpaired) electrons. The van der Waals surface area contributed by atoms with Gasteiger partial charge in [-0.2, -0.15) is 0 Å². The van der Waals surface area contributed by atoms with Crippen LogP contribution in [0.2, 0.25) is 0 Å². The molecular weight excluding hydrogens is 448 g/mol. The zero-order valence-corrected chi connectivity index (χ0v) is 17.9. The van der Waals surface area contributed by atoms with Gasteiger partial charge in [-0.1, -0.05) is 12.1 Å². The number of benzene rings is 2. The summed E-state index contributed by atoms with van der Waals surface area (Å²) >= 11 is 0. The van der Waals surface area contributed by atoms with Crippen LogP contribution in [-0.4, -0.2) is 49.6 Å². The minimum Gasteiger partial charge on any atom is -0.477 e. The first kappa shape index (κ1) is 22.5. The summed E-state index contributed by atoms with van der Waals surface area (Å²) < 4.78 is 6.66. The van der Waals surface area contributed by atoms with Crippen LogP contribution in [0.15, 0.2) is 58.3 Å². The number of carbonyl (C=O) groups is 2. The summed E-state index contributed by atoms with van der Waals surface area (Å²) in [5.74, 6) is -1.52. The highest BCUT2D eigenvalue weighted by molar-refractivity contribution is 5.89. The third-order valence-electron chi connectivity index (χ3n) is 5.55. The molecule has 0 spiro atoms. The third kappa shape index (κ3) is 3.92. The van der Waals surface area contributed by atoms with Gasteiger partial charge in [0.15, 0.2) is 0 Å². The molecule has 1 aliphatic heterocycles. The molecule has 34 heavy (non-hydrogen) atoms. The maximum Gasteiger partial charge on any atom is 0.414 e. The van der Waals surface area contributed by atoms with E-state index in [-0.39, 0.29) is 29.4 Å². The number of hydrogen-bond acceptors (Lipinski definition) is 6. The number of amides is 1. The second-order valence-corrected chi connectivity index (χ2v) is 7.51. The van der Waals surface area contributed by atoms with E-state index in [2.05, 4.69) is 0 Å². The van der Waals surface area contributed by atoms with Crippen LogP contribution in [0.5, 0.6) is 0 Å². The molecule has 12 heteroatoms. The van der Waals surface area contributed by atoms with E-state index in [1.807, 2.05) is 0 Å². The van der Waals surface area contributed by atoms with E-state index >= 15 is 0 Å². The molecule has 3 aromatic rings. The van der Waals surface area contributed by atoms with E-state index in [0.717, 1.165) is 15.3 Å². The van der Waals surface area contributed by atoms with Crippen molar-refractivity contribution in [2.45, 2.75) is 13.5 Å². The van der Waals surface area contributed by atoms with Crippen molar-refractivity contribution in [3.63, 3.8) is 0 Å². The Morgan fingerprint density at radius 1 is 1.09 bits per heavy atom. The van der Waals surface area contributed by atoms with E-state index in [1.165, 1.54) is 36.1 Å². The summed E-state index contributed by atoms with van der Waals surface area (Å²) in [6.07, 6.45) is 0.447. The van der Waals surface area contributed by atoms with E-state index in [1.54, 1.807) is 18.2 Å². The number of anilines is 1. The molecule has 174 valence electrons. The van der Waals surface area contributed by atoms with Crippen molar-refractivity contribution in [3.8, 4) is 5.69 Å². The number of carboxylic acid groups (broad SMARTS) is 1. The zero-order chi connectivity index (χ0) is 24.6. The summed E-state index contributed by atoms with van der Waals surface area (Å²) in [6, 6.07) is 10.5. The van der Waals surface area contributed by atoms with Gasteiger partial charge in [-0.15, -0.1) is 0 Å². The second-order valence-electron chi connectivity index (χ2n) is 7.51. The van der Waals surface area contributed by atoms with Crippen LogP contribution in [0.4, 0.5) is 16.2 Å². The van der Waals surface area contributed by atoms with Gasteiger partial charge in [0.05, 0.1) is 23.7 Å². The largest absolute Gasteiger partial charge is 0.477 e. The Labute approximate surface area is 191 Å². The molecule has 0 aliphatic carbocycles. The van der Waals surface area contributed by atoms with Gasteiger partial charge in [0.25, 0.3) is 10.5 Å². The average Bonchev–Trinajstić information content (AvgIpc) is 3.23. The lowest BCUT2D eigenvalue weighted by Crippen LogP contribution is -2.42. The summed E-state index contributed by atoms with van der Waals surface area (Å²) in [7, 11) is 0. The predicted octanol–water partition coefficient (Wildman–Crippen LogP) is 1.81. The number of nitrogens with zero attached hydrogens (tertiary/aromatic N) is 4. The fraction of sp³-hybridized carbons (Fsp3) is 0.182. The van der Waals surface area contributed by atoms with E-state index in [9.17, 15) is 34.4 Å². The molecular formula is C22H19N4O8+. The van der Waals surface area contributed by atoms with Gasteiger partial charge in [0, 0.05) is 23.5 Å². The highest BCUT2D eigenvalue weighted by Gasteiger charge is 2.24. The monoisotopic (exact) mass is 467 g/mol. The molecule has 2 aromatic carbocycles. The number of aromatic nitrogens is 2. The van der Waals surface area contributed by atoms with Crippen molar-refractivity contribution in [2.75, 3.05) is 18.1 Å². The Morgan fingerprint density at radius 2 is 1.76 bits per heavy atom.